The van der Waals surface area contributed by atoms with Crippen LogP contribution in [0.4, 0.5) is 0 Å². The van der Waals surface area contributed by atoms with Crippen LogP contribution in [0.1, 0.15) is 22.9 Å². The molecule has 0 radical (unpaired) electrons. The van der Waals surface area contributed by atoms with E-state index in [2.05, 4.69) is 5.10 Å². The Labute approximate surface area is 101 Å². The molecule has 1 atom stereocenters. The number of aliphatic hydroxyl groups is 1. The number of hydrogen-bond donors (Lipinski definition) is 2. The molecular weight excluding hydrogens is 214 g/mol. The predicted octanol–water partition coefficient (Wildman–Crippen LogP) is 1.48. The van der Waals surface area contributed by atoms with Gasteiger partial charge in [-0.3, -0.25) is 0 Å². The summed E-state index contributed by atoms with van der Waals surface area (Å²) in [5.74, 6) is 0. The van der Waals surface area contributed by atoms with E-state index in [-0.39, 0.29) is 12.6 Å². The van der Waals surface area contributed by atoms with Crippen molar-refractivity contribution < 1.29 is 5.11 Å². The van der Waals surface area contributed by atoms with E-state index < -0.39 is 0 Å². The minimum Gasteiger partial charge on any atom is -0.394 e. The van der Waals surface area contributed by atoms with Crippen LogP contribution in [0.3, 0.4) is 0 Å². The Morgan fingerprint density at radius 2 is 1.94 bits per heavy atom. The van der Waals surface area contributed by atoms with Crippen molar-refractivity contribution >= 4 is 0 Å². The van der Waals surface area contributed by atoms with Crippen molar-refractivity contribution in [2.24, 2.45) is 5.73 Å². The largest absolute Gasteiger partial charge is 0.394 e. The molecular formula is C13H17N3O. The van der Waals surface area contributed by atoms with Gasteiger partial charge in [-0.05, 0) is 26.0 Å². The fourth-order valence-electron chi connectivity index (χ4n) is 1.83. The van der Waals surface area contributed by atoms with Gasteiger partial charge in [-0.1, -0.05) is 17.7 Å². The maximum Gasteiger partial charge on any atom is 0.0648 e. The number of rotatable bonds is 3. The van der Waals surface area contributed by atoms with Gasteiger partial charge in [0.1, 0.15) is 0 Å². The van der Waals surface area contributed by atoms with Gasteiger partial charge < -0.3 is 10.8 Å². The standard InChI is InChI=1S/C13H17N3O/c1-9-3-5-11(6-4-9)16-10(2)12(7-15-16)13(14)8-17/h3-7,13,17H,8,14H2,1-2H3. The molecule has 0 saturated carbocycles. The SMILES string of the molecule is Cc1ccc(-n2ncc(C(N)CO)c2C)cc1. The average Bonchev–Trinajstić information content (AvgIpc) is 2.71. The van der Waals surface area contributed by atoms with Crippen LogP contribution < -0.4 is 5.73 Å². The Balaban J connectivity index is 2.40. The van der Waals surface area contributed by atoms with Crippen LogP contribution in [0.5, 0.6) is 0 Å². The molecule has 2 aromatic rings. The van der Waals surface area contributed by atoms with Crippen LogP contribution in [0.2, 0.25) is 0 Å². The maximum absolute atomic E-state index is 9.07. The van der Waals surface area contributed by atoms with Gasteiger partial charge in [-0.15, -0.1) is 0 Å². The zero-order valence-electron chi connectivity index (χ0n) is 10.1. The smallest absolute Gasteiger partial charge is 0.0648 e. The van der Waals surface area contributed by atoms with Crippen LogP contribution in [-0.4, -0.2) is 21.5 Å². The third-order valence-electron chi connectivity index (χ3n) is 2.92. The van der Waals surface area contributed by atoms with Gasteiger partial charge in [-0.25, -0.2) is 4.68 Å². The second-order valence-corrected chi connectivity index (χ2v) is 4.22. The number of aromatic nitrogens is 2. The highest BCUT2D eigenvalue weighted by Gasteiger charge is 2.13. The molecule has 4 nitrogen and oxygen atoms in total. The second kappa shape index (κ2) is 4.69. The minimum absolute atomic E-state index is 0.0690. The number of hydrogen-bond acceptors (Lipinski definition) is 3. The average molecular weight is 231 g/mol. The van der Waals surface area contributed by atoms with Crippen molar-refractivity contribution in [3.8, 4) is 5.69 Å². The van der Waals surface area contributed by atoms with Crippen molar-refractivity contribution in [1.29, 1.82) is 0 Å². The molecule has 1 aromatic heterocycles. The van der Waals surface area contributed by atoms with Crippen LogP contribution >= 0.6 is 0 Å². The monoisotopic (exact) mass is 231 g/mol. The van der Waals surface area contributed by atoms with Crippen LogP contribution in [0, 0.1) is 13.8 Å². The summed E-state index contributed by atoms with van der Waals surface area (Å²) in [4.78, 5) is 0. The van der Waals surface area contributed by atoms with Crippen molar-refractivity contribution in [2.75, 3.05) is 6.61 Å². The van der Waals surface area contributed by atoms with Gasteiger partial charge in [0.15, 0.2) is 0 Å². The second-order valence-electron chi connectivity index (χ2n) is 4.22. The lowest BCUT2D eigenvalue weighted by Crippen LogP contribution is -2.15. The zero-order chi connectivity index (χ0) is 12.4. The normalized spacial score (nSPS) is 12.7. The van der Waals surface area contributed by atoms with Crippen LogP contribution in [0.15, 0.2) is 30.5 Å². The third-order valence-corrected chi connectivity index (χ3v) is 2.92. The highest BCUT2D eigenvalue weighted by molar-refractivity contribution is 5.37. The molecule has 0 saturated heterocycles. The number of aliphatic hydroxyl groups excluding tert-OH is 1. The lowest BCUT2D eigenvalue weighted by atomic mass is 10.1. The Morgan fingerprint density at radius 1 is 1.29 bits per heavy atom. The van der Waals surface area contributed by atoms with Gasteiger partial charge in [0.2, 0.25) is 0 Å². The fourth-order valence-corrected chi connectivity index (χ4v) is 1.83. The van der Waals surface area contributed by atoms with E-state index in [1.165, 1.54) is 5.56 Å². The quantitative estimate of drug-likeness (QED) is 0.841. The van der Waals surface area contributed by atoms with Crippen LogP contribution in [0.25, 0.3) is 5.69 Å². The first-order valence-corrected chi connectivity index (χ1v) is 5.61. The highest BCUT2D eigenvalue weighted by atomic mass is 16.3. The lowest BCUT2D eigenvalue weighted by Gasteiger charge is -2.09. The van der Waals surface area contributed by atoms with E-state index >= 15 is 0 Å². The first-order valence-electron chi connectivity index (χ1n) is 5.61. The van der Waals surface area contributed by atoms with Gasteiger partial charge in [-0.2, -0.15) is 5.10 Å². The predicted molar refractivity (Wildman–Crippen MR) is 67.1 cm³/mol. The van der Waals surface area contributed by atoms with E-state index in [1.54, 1.807) is 6.20 Å². The summed E-state index contributed by atoms with van der Waals surface area (Å²) in [7, 11) is 0. The molecule has 0 amide bonds. The molecule has 2 rings (SSSR count). The molecule has 17 heavy (non-hydrogen) atoms. The Hall–Kier alpha value is -1.65. The topological polar surface area (TPSA) is 64.1 Å². The molecule has 1 unspecified atom stereocenters. The van der Waals surface area contributed by atoms with Gasteiger partial charge >= 0.3 is 0 Å². The van der Waals surface area contributed by atoms with Gasteiger partial charge in [0.05, 0.1) is 24.5 Å². The fraction of sp³-hybridized carbons (Fsp3) is 0.308. The first kappa shape index (κ1) is 11.8. The molecule has 0 aliphatic carbocycles. The zero-order valence-corrected chi connectivity index (χ0v) is 10.1. The molecule has 0 fully saturated rings. The molecule has 4 heteroatoms. The first-order chi connectivity index (χ1) is 8.13. The molecule has 1 heterocycles. The summed E-state index contributed by atoms with van der Waals surface area (Å²) in [5.41, 5.74) is 9.88. The van der Waals surface area contributed by atoms with Crippen LogP contribution in [-0.2, 0) is 0 Å². The van der Waals surface area contributed by atoms with Gasteiger partial charge in [0, 0.05) is 11.3 Å². The number of nitrogens with zero attached hydrogens (tertiary/aromatic N) is 2. The molecule has 0 aliphatic heterocycles. The maximum atomic E-state index is 9.07. The lowest BCUT2D eigenvalue weighted by molar-refractivity contribution is 0.267. The summed E-state index contributed by atoms with van der Waals surface area (Å²) in [6, 6.07) is 7.76. The van der Waals surface area contributed by atoms with Crippen molar-refractivity contribution in [3.05, 3.63) is 47.3 Å². The Morgan fingerprint density at radius 3 is 2.53 bits per heavy atom. The summed E-state index contributed by atoms with van der Waals surface area (Å²) in [5, 5.41) is 13.4. The van der Waals surface area contributed by atoms with Crippen molar-refractivity contribution in [2.45, 2.75) is 19.9 Å². The highest BCUT2D eigenvalue weighted by Crippen LogP contribution is 2.18. The number of aryl methyl sites for hydroxylation is 1. The molecule has 0 spiro atoms. The van der Waals surface area contributed by atoms with Crippen molar-refractivity contribution in [3.63, 3.8) is 0 Å². The third kappa shape index (κ3) is 2.23. The summed E-state index contributed by atoms with van der Waals surface area (Å²) in [6.45, 7) is 3.94. The molecule has 90 valence electrons. The van der Waals surface area contributed by atoms with E-state index in [0.717, 1.165) is 16.9 Å². The van der Waals surface area contributed by atoms with E-state index in [1.807, 2.05) is 42.8 Å². The van der Waals surface area contributed by atoms with Gasteiger partial charge in [0.25, 0.3) is 0 Å². The summed E-state index contributed by atoms with van der Waals surface area (Å²) >= 11 is 0. The van der Waals surface area contributed by atoms with Crippen molar-refractivity contribution in [1.82, 2.24) is 9.78 Å². The summed E-state index contributed by atoms with van der Waals surface area (Å²) in [6.07, 6.45) is 1.72. The summed E-state index contributed by atoms with van der Waals surface area (Å²) < 4.78 is 1.84. The number of nitrogens with two attached hydrogens (primary N) is 1. The Bertz CT molecular complexity index is 502. The van der Waals surface area contributed by atoms with E-state index in [0.29, 0.717) is 0 Å². The van der Waals surface area contributed by atoms with E-state index in [4.69, 9.17) is 10.8 Å². The number of benzene rings is 1. The molecule has 0 aliphatic rings. The molecule has 1 aromatic carbocycles. The Kier molecular flexibility index (Phi) is 3.26. The molecule has 3 N–H and O–H groups in total. The molecule has 0 bridgehead atoms. The minimum atomic E-state index is -0.366. The van der Waals surface area contributed by atoms with E-state index in [9.17, 15) is 0 Å².